The number of benzene rings is 2. The third-order valence-corrected chi connectivity index (χ3v) is 4.05. The van der Waals surface area contributed by atoms with E-state index in [2.05, 4.69) is 31.5 Å². The van der Waals surface area contributed by atoms with Gasteiger partial charge in [0.05, 0.1) is 0 Å². The maximum absolute atomic E-state index is 12.2. The largest absolute Gasteiger partial charge is 0.350 e. The van der Waals surface area contributed by atoms with E-state index in [0.717, 1.165) is 11.1 Å². The van der Waals surface area contributed by atoms with Crippen molar-refractivity contribution in [3.05, 3.63) is 60.2 Å². The topological polar surface area (TPSA) is 114 Å². The Bertz CT molecular complexity index is 956. The van der Waals surface area contributed by atoms with Crippen molar-refractivity contribution >= 4 is 17.6 Å². The van der Waals surface area contributed by atoms with Gasteiger partial charge in [-0.15, -0.1) is 5.10 Å². The second-order valence-electron chi connectivity index (χ2n) is 6.23. The molecule has 0 saturated heterocycles. The molecule has 3 rings (SSSR count). The molecule has 0 saturated carbocycles. The molecule has 1 unspecified atom stereocenters. The molecular weight excluding hydrogens is 358 g/mol. The van der Waals surface area contributed by atoms with Crippen molar-refractivity contribution in [3.8, 4) is 11.4 Å². The van der Waals surface area contributed by atoms with Crippen LogP contribution in [0.15, 0.2) is 54.6 Å². The third-order valence-electron chi connectivity index (χ3n) is 4.05. The Labute approximate surface area is 162 Å². The van der Waals surface area contributed by atoms with Gasteiger partial charge in [-0.2, -0.15) is 0 Å². The predicted molar refractivity (Wildman–Crippen MR) is 104 cm³/mol. The van der Waals surface area contributed by atoms with Gasteiger partial charge in [-0.25, -0.2) is 9.48 Å². The molecule has 0 bridgehead atoms. The maximum atomic E-state index is 12.2. The van der Waals surface area contributed by atoms with Gasteiger partial charge in [-0.05, 0) is 35.0 Å². The average Bonchev–Trinajstić information content (AvgIpc) is 3.13. The smallest absolute Gasteiger partial charge is 0.319 e. The predicted octanol–water partition coefficient (Wildman–Crippen LogP) is 1.70. The number of hydrogen-bond donors (Lipinski definition) is 3. The van der Waals surface area contributed by atoms with Crippen molar-refractivity contribution in [2.45, 2.75) is 19.5 Å². The molecule has 0 aliphatic heterocycles. The first kappa shape index (κ1) is 19.0. The fourth-order valence-electron chi connectivity index (χ4n) is 2.58. The van der Waals surface area contributed by atoms with E-state index in [-0.39, 0.29) is 5.91 Å². The van der Waals surface area contributed by atoms with Crippen LogP contribution >= 0.6 is 0 Å². The lowest BCUT2D eigenvalue weighted by atomic mass is 10.2. The van der Waals surface area contributed by atoms with Gasteiger partial charge in [0, 0.05) is 24.8 Å². The Balaban J connectivity index is 1.53. The first-order valence-corrected chi connectivity index (χ1v) is 8.75. The van der Waals surface area contributed by atoms with E-state index in [1.54, 1.807) is 36.9 Å². The Morgan fingerprint density at radius 1 is 1.11 bits per heavy atom. The number of tetrazole rings is 1. The van der Waals surface area contributed by atoms with Crippen LogP contribution < -0.4 is 16.0 Å². The highest BCUT2D eigenvalue weighted by atomic mass is 16.2. The summed E-state index contributed by atoms with van der Waals surface area (Å²) in [6.07, 6.45) is 0. The number of aryl methyl sites for hydroxylation is 1. The van der Waals surface area contributed by atoms with E-state index in [1.165, 1.54) is 0 Å². The zero-order chi connectivity index (χ0) is 19.9. The molecule has 0 aliphatic carbocycles. The molecule has 0 fully saturated rings. The van der Waals surface area contributed by atoms with Gasteiger partial charge in [0.25, 0.3) is 0 Å². The van der Waals surface area contributed by atoms with Gasteiger partial charge in [0.15, 0.2) is 5.82 Å². The van der Waals surface area contributed by atoms with E-state index >= 15 is 0 Å². The number of carbonyl (C=O) groups excluding carboxylic acids is 2. The van der Waals surface area contributed by atoms with Crippen LogP contribution in [-0.4, -0.2) is 38.2 Å². The summed E-state index contributed by atoms with van der Waals surface area (Å²) in [5.41, 5.74) is 2.32. The maximum Gasteiger partial charge on any atom is 0.319 e. The molecule has 1 atom stereocenters. The average molecular weight is 379 g/mol. The second-order valence-corrected chi connectivity index (χ2v) is 6.23. The second kappa shape index (κ2) is 8.76. The monoisotopic (exact) mass is 379 g/mol. The highest BCUT2D eigenvalue weighted by Gasteiger charge is 2.15. The summed E-state index contributed by atoms with van der Waals surface area (Å²) in [7, 11) is 1.73. The summed E-state index contributed by atoms with van der Waals surface area (Å²) >= 11 is 0. The molecule has 9 heteroatoms. The Kier molecular flexibility index (Phi) is 5.95. The van der Waals surface area contributed by atoms with E-state index in [9.17, 15) is 9.59 Å². The van der Waals surface area contributed by atoms with E-state index in [0.29, 0.717) is 18.1 Å². The minimum absolute atomic E-state index is 0.266. The quantitative estimate of drug-likeness (QED) is 0.603. The van der Waals surface area contributed by atoms with Crippen molar-refractivity contribution in [1.29, 1.82) is 0 Å². The van der Waals surface area contributed by atoms with Crippen LogP contribution in [-0.2, 0) is 18.4 Å². The van der Waals surface area contributed by atoms with Crippen LogP contribution in [0.1, 0.15) is 12.5 Å². The van der Waals surface area contributed by atoms with Crippen LogP contribution in [0.25, 0.3) is 11.4 Å². The standard InChI is InChI=1S/C19H21N7O2/c1-13(18(27)20-12-14-7-4-3-5-8-14)21-19(28)22-16-10-6-9-15(11-16)17-23-24-25-26(17)2/h3-11,13H,12H2,1-2H3,(H,20,27)(H2,21,22,28). The number of aromatic nitrogens is 4. The van der Waals surface area contributed by atoms with Crippen LogP contribution in [0.2, 0.25) is 0 Å². The number of amides is 3. The van der Waals surface area contributed by atoms with E-state index < -0.39 is 12.1 Å². The van der Waals surface area contributed by atoms with E-state index in [4.69, 9.17) is 0 Å². The molecule has 1 heterocycles. The highest BCUT2D eigenvalue weighted by Crippen LogP contribution is 2.19. The fraction of sp³-hybridized carbons (Fsp3) is 0.211. The highest BCUT2D eigenvalue weighted by molar-refractivity contribution is 5.93. The zero-order valence-corrected chi connectivity index (χ0v) is 15.6. The lowest BCUT2D eigenvalue weighted by Crippen LogP contribution is -2.46. The minimum Gasteiger partial charge on any atom is -0.350 e. The summed E-state index contributed by atoms with van der Waals surface area (Å²) in [5, 5.41) is 19.5. The number of nitrogens with zero attached hydrogens (tertiary/aromatic N) is 4. The zero-order valence-electron chi connectivity index (χ0n) is 15.6. The van der Waals surface area contributed by atoms with Crippen LogP contribution in [0.5, 0.6) is 0 Å². The van der Waals surface area contributed by atoms with Crippen LogP contribution in [0, 0.1) is 0 Å². The third kappa shape index (κ3) is 4.91. The van der Waals surface area contributed by atoms with Gasteiger partial charge < -0.3 is 16.0 Å². The lowest BCUT2D eigenvalue weighted by Gasteiger charge is -2.15. The number of hydrogen-bond acceptors (Lipinski definition) is 5. The molecular formula is C19H21N7O2. The molecule has 3 amide bonds. The molecule has 0 radical (unpaired) electrons. The number of nitrogens with one attached hydrogen (secondary N) is 3. The molecule has 144 valence electrons. The molecule has 1 aromatic heterocycles. The van der Waals surface area contributed by atoms with Gasteiger partial charge in [-0.3, -0.25) is 4.79 Å². The number of anilines is 1. The lowest BCUT2D eigenvalue weighted by molar-refractivity contribution is -0.122. The Morgan fingerprint density at radius 2 is 1.89 bits per heavy atom. The number of carbonyl (C=O) groups is 2. The van der Waals surface area contributed by atoms with Crippen LogP contribution in [0.4, 0.5) is 10.5 Å². The summed E-state index contributed by atoms with van der Waals surface area (Å²) in [4.78, 5) is 24.4. The Hall–Kier alpha value is -3.75. The van der Waals surface area contributed by atoms with Gasteiger partial charge in [-0.1, -0.05) is 42.5 Å². The minimum atomic E-state index is -0.685. The summed E-state index contributed by atoms with van der Waals surface area (Å²) < 4.78 is 1.54. The van der Waals surface area contributed by atoms with Crippen molar-refractivity contribution in [1.82, 2.24) is 30.8 Å². The summed E-state index contributed by atoms with van der Waals surface area (Å²) in [6, 6.07) is 15.5. The SMILES string of the molecule is CC(NC(=O)Nc1cccc(-c2nnnn2C)c1)C(=O)NCc1ccccc1. The molecule has 0 spiro atoms. The van der Waals surface area contributed by atoms with Gasteiger partial charge in [0.2, 0.25) is 5.91 Å². The van der Waals surface area contributed by atoms with Crippen molar-refractivity contribution < 1.29 is 9.59 Å². The van der Waals surface area contributed by atoms with Gasteiger partial charge in [0.1, 0.15) is 6.04 Å². The number of rotatable bonds is 6. The van der Waals surface area contributed by atoms with Crippen molar-refractivity contribution in [3.63, 3.8) is 0 Å². The molecule has 0 aliphatic rings. The molecule has 2 aromatic carbocycles. The normalized spacial score (nSPS) is 11.5. The van der Waals surface area contributed by atoms with E-state index in [1.807, 2.05) is 36.4 Å². The van der Waals surface area contributed by atoms with Crippen molar-refractivity contribution in [2.75, 3.05) is 5.32 Å². The van der Waals surface area contributed by atoms with Crippen molar-refractivity contribution in [2.24, 2.45) is 7.05 Å². The summed E-state index contributed by atoms with van der Waals surface area (Å²) in [6.45, 7) is 2.03. The fourth-order valence-corrected chi connectivity index (χ4v) is 2.58. The first-order chi connectivity index (χ1) is 13.5. The Morgan fingerprint density at radius 3 is 2.61 bits per heavy atom. The first-order valence-electron chi connectivity index (χ1n) is 8.75. The van der Waals surface area contributed by atoms with Gasteiger partial charge >= 0.3 is 6.03 Å². The molecule has 9 nitrogen and oxygen atoms in total. The molecule has 3 N–H and O–H groups in total. The number of urea groups is 1. The summed E-state index contributed by atoms with van der Waals surface area (Å²) in [5.74, 6) is 0.315. The molecule has 3 aromatic rings. The molecule has 28 heavy (non-hydrogen) atoms. The van der Waals surface area contributed by atoms with Crippen LogP contribution in [0.3, 0.4) is 0 Å².